The fourth-order valence-corrected chi connectivity index (χ4v) is 3.55. The number of nitrogens with zero attached hydrogens (tertiary/aromatic N) is 2. The average Bonchev–Trinajstić information content (AvgIpc) is 2.65. The summed E-state index contributed by atoms with van der Waals surface area (Å²) in [5.74, 6) is 0.815. The monoisotopic (exact) mass is 364 g/mol. The summed E-state index contributed by atoms with van der Waals surface area (Å²) in [6, 6.07) is 16.2. The molecule has 0 saturated carbocycles. The number of ether oxygens (including phenoxy) is 1. The van der Waals surface area contributed by atoms with Crippen LogP contribution in [0.2, 0.25) is 0 Å². The van der Waals surface area contributed by atoms with Crippen LogP contribution in [0.1, 0.15) is 33.3 Å². The summed E-state index contributed by atoms with van der Waals surface area (Å²) in [6.07, 6.45) is 3.63. The van der Waals surface area contributed by atoms with Crippen molar-refractivity contribution in [3.63, 3.8) is 0 Å². The van der Waals surface area contributed by atoms with Crippen molar-refractivity contribution >= 4 is 23.4 Å². The molecular weight excluding hydrogens is 336 g/mol. The minimum atomic E-state index is 0.000217. The van der Waals surface area contributed by atoms with Crippen LogP contribution in [-0.2, 0) is 4.79 Å². The molecule has 0 fully saturated rings. The number of likely N-dealkylation sites (N-methyl/N-ethyl adjacent to an activating group) is 1. The van der Waals surface area contributed by atoms with E-state index in [2.05, 4.69) is 24.8 Å². The summed E-state index contributed by atoms with van der Waals surface area (Å²) in [5, 5.41) is 0. The van der Waals surface area contributed by atoms with Gasteiger partial charge in [-0.05, 0) is 63.6 Å². The van der Waals surface area contributed by atoms with E-state index in [1.807, 2.05) is 67.3 Å². The van der Waals surface area contributed by atoms with Crippen LogP contribution in [-0.4, -0.2) is 31.1 Å². The number of carbonyl (C=O) groups excluding carboxylic acids is 1. The van der Waals surface area contributed by atoms with Gasteiger partial charge in [0.05, 0.1) is 17.5 Å². The van der Waals surface area contributed by atoms with Gasteiger partial charge in [-0.1, -0.05) is 24.3 Å². The lowest BCUT2D eigenvalue weighted by molar-refractivity contribution is -0.114. The molecule has 0 bridgehead atoms. The Morgan fingerprint density at radius 1 is 1.19 bits per heavy atom. The zero-order chi connectivity index (χ0) is 19.4. The number of rotatable bonds is 5. The fourth-order valence-electron chi connectivity index (χ4n) is 3.55. The summed E-state index contributed by atoms with van der Waals surface area (Å²) in [6.45, 7) is 9.93. The van der Waals surface area contributed by atoms with Crippen molar-refractivity contribution in [2.24, 2.45) is 0 Å². The minimum Gasteiger partial charge on any atom is -0.491 e. The van der Waals surface area contributed by atoms with Gasteiger partial charge in [0.15, 0.2) is 0 Å². The van der Waals surface area contributed by atoms with Gasteiger partial charge in [-0.2, -0.15) is 0 Å². The highest BCUT2D eigenvalue weighted by Gasteiger charge is 2.29. The number of carbonyl (C=O) groups is 1. The van der Waals surface area contributed by atoms with E-state index in [0.29, 0.717) is 6.54 Å². The zero-order valence-corrected chi connectivity index (χ0v) is 16.6. The Balaban J connectivity index is 1.81. The number of anilines is 2. The van der Waals surface area contributed by atoms with E-state index < -0.39 is 0 Å². The van der Waals surface area contributed by atoms with Gasteiger partial charge in [-0.3, -0.25) is 4.79 Å². The zero-order valence-electron chi connectivity index (χ0n) is 16.6. The van der Waals surface area contributed by atoms with E-state index in [0.717, 1.165) is 29.2 Å². The van der Waals surface area contributed by atoms with Gasteiger partial charge in [0.1, 0.15) is 5.75 Å². The normalized spacial score (nSPS) is 16.7. The van der Waals surface area contributed by atoms with Crippen LogP contribution in [0.5, 0.6) is 5.75 Å². The summed E-state index contributed by atoms with van der Waals surface area (Å²) >= 11 is 0. The van der Waals surface area contributed by atoms with E-state index >= 15 is 0 Å². The van der Waals surface area contributed by atoms with Gasteiger partial charge in [0.2, 0.25) is 0 Å². The number of amides is 1. The summed E-state index contributed by atoms with van der Waals surface area (Å²) in [4.78, 5) is 17.1. The quantitative estimate of drug-likeness (QED) is 0.718. The van der Waals surface area contributed by atoms with Crippen molar-refractivity contribution < 1.29 is 9.53 Å². The molecule has 4 heteroatoms. The van der Waals surface area contributed by atoms with E-state index in [-0.39, 0.29) is 18.1 Å². The Labute approximate surface area is 162 Å². The maximum Gasteiger partial charge on any atom is 0.251 e. The minimum absolute atomic E-state index is 0.000217. The van der Waals surface area contributed by atoms with Crippen LogP contribution in [0.4, 0.5) is 11.4 Å². The lowest BCUT2D eigenvalue weighted by Gasteiger charge is -2.41. The van der Waals surface area contributed by atoms with Crippen molar-refractivity contribution in [1.29, 1.82) is 0 Å². The van der Waals surface area contributed by atoms with Gasteiger partial charge in [-0.25, -0.2) is 0 Å². The molecule has 2 aromatic carbocycles. The van der Waals surface area contributed by atoms with Crippen molar-refractivity contribution in [3.05, 3.63) is 60.2 Å². The Morgan fingerprint density at radius 3 is 2.63 bits per heavy atom. The first-order chi connectivity index (χ1) is 13.0. The van der Waals surface area contributed by atoms with Crippen LogP contribution < -0.4 is 14.5 Å². The first kappa shape index (κ1) is 19.0. The number of hydrogen-bond acceptors (Lipinski definition) is 3. The van der Waals surface area contributed by atoms with Gasteiger partial charge in [-0.15, -0.1) is 0 Å². The van der Waals surface area contributed by atoms with Crippen molar-refractivity contribution in [3.8, 4) is 5.75 Å². The largest absolute Gasteiger partial charge is 0.491 e. The molecule has 0 saturated heterocycles. The number of fused-ring (bicyclic) bond motifs is 1. The second kappa shape index (κ2) is 8.30. The lowest BCUT2D eigenvalue weighted by Crippen LogP contribution is -2.49. The highest BCUT2D eigenvalue weighted by molar-refractivity contribution is 6.06. The molecule has 1 atom stereocenters. The third kappa shape index (κ3) is 4.33. The highest BCUT2D eigenvalue weighted by Crippen LogP contribution is 2.35. The molecule has 0 aliphatic carbocycles. The van der Waals surface area contributed by atoms with E-state index in [1.54, 1.807) is 6.08 Å². The molecule has 1 heterocycles. The number of para-hydroxylation sites is 2. The predicted molar refractivity (Wildman–Crippen MR) is 113 cm³/mol. The highest BCUT2D eigenvalue weighted by atomic mass is 16.5. The molecule has 0 spiro atoms. The van der Waals surface area contributed by atoms with Gasteiger partial charge in [0.25, 0.3) is 5.91 Å². The van der Waals surface area contributed by atoms with Crippen molar-refractivity contribution in [2.75, 3.05) is 22.9 Å². The van der Waals surface area contributed by atoms with Gasteiger partial charge >= 0.3 is 0 Å². The molecule has 142 valence electrons. The molecule has 0 aromatic heterocycles. The maximum atomic E-state index is 12.9. The third-order valence-corrected chi connectivity index (χ3v) is 4.72. The molecule has 0 N–H and O–H groups in total. The Hall–Kier alpha value is -2.75. The van der Waals surface area contributed by atoms with Crippen LogP contribution in [0, 0.1) is 0 Å². The first-order valence-corrected chi connectivity index (χ1v) is 9.61. The Kier molecular flexibility index (Phi) is 5.84. The molecule has 1 aliphatic rings. The summed E-state index contributed by atoms with van der Waals surface area (Å²) in [5.41, 5.74) is 3.05. The molecule has 0 radical (unpaired) electrons. The molecule has 1 aliphatic heterocycles. The number of hydrogen-bond donors (Lipinski definition) is 0. The van der Waals surface area contributed by atoms with Crippen LogP contribution in [0.25, 0.3) is 6.08 Å². The second-order valence-corrected chi connectivity index (χ2v) is 7.15. The van der Waals surface area contributed by atoms with Crippen molar-refractivity contribution in [1.82, 2.24) is 0 Å². The van der Waals surface area contributed by atoms with Crippen LogP contribution in [0.3, 0.4) is 0 Å². The SMILES string of the molecule is CCN1c2ccccc2N(C(=O)/C=C/c2cccc(OC(C)C)c2)CC1C. The standard InChI is InChI=1S/C23H28N2O2/c1-5-24-18(4)16-25(22-12-7-6-11-21(22)24)23(26)14-13-19-9-8-10-20(15-19)27-17(2)3/h6-15,17-18H,5,16H2,1-4H3/b14-13+. The summed E-state index contributed by atoms with van der Waals surface area (Å²) < 4.78 is 5.73. The van der Waals surface area contributed by atoms with Crippen LogP contribution >= 0.6 is 0 Å². The molecule has 1 unspecified atom stereocenters. The van der Waals surface area contributed by atoms with E-state index in [4.69, 9.17) is 4.74 Å². The fraction of sp³-hybridized carbons (Fsp3) is 0.348. The van der Waals surface area contributed by atoms with Crippen LogP contribution in [0.15, 0.2) is 54.6 Å². The first-order valence-electron chi connectivity index (χ1n) is 9.61. The molecular formula is C23H28N2O2. The Bertz CT molecular complexity index is 829. The second-order valence-electron chi connectivity index (χ2n) is 7.15. The molecule has 3 rings (SSSR count). The molecule has 27 heavy (non-hydrogen) atoms. The predicted octanol–water partition coefficient (Wildman–Crippen LogP) is 4.75. The maximum absolute atomic E-state index is 12.9. The van der Waals surface area contributed by atoms with E-state index in [9.17, 15) is 4.79 Å². The Morgan fingerprint density at radius 2 is 1.93 bits per heavy atom. The third-order valence-electron chi connectivity index (χ3n) is 4.72. The smallest absolute Gasteiger partial charge is 0.251 e. The average molecular weight is 364 g/mol. The van der Waals surface area contributed by atoms with Gasteiger partial charge in [0, 0.05) is 25.2 Å². The molecule has 2 aromatic rings. The van der Waals surface area contributed by atoms with Gasteiger partial charge < -0.3 is 14.5 Å². The summed E-state index contributed by atoms with van der Waals surface area (Å²) in [7, 11) is 0. The topological polar surface area (TPSA) is 32.8 Å². The lowest BCUT2D eigenvalue weighted by atomic mass is 10.1. The molecule has 4 nitrogen and oxygen atoms in total. The van der Waals surface area contributed by atoms with E-state index in [1.165, 1.54) is 0 Å². The molecule has 1 amide bonds. The van der Waals surface area contributed by atoms with Crippen molar-refractivity contribution in [2.45, 2.75) is 39.8 Å². The number of benzene rings is 2.